The highest BCUT2D eigenvalue weighted by Gasteiger charge is 2.33. The second kappa shape index (κ2) is 12.0. The Labute approximate surface area is 192 Å². The second-order valence-corrected chi connectivity index (χ2v) is 7.17. The highest BCUT2D eigenvalue weighted by Crippen LogP contribution is 2.34. The van der Waals surface area contributed by atoms with Gasteiger partial charge >= 0.3 is 6.18 Å². The summed E-state index contributed by atoms with van der Waals surface area (Å²) in [6, 6.07) is 1.04. The number of aliphatic imine (C=N–C) groups is 1. The number of nitrogens with one attached hydrogen (secondary N) is 2. The monoisotopic (exact) mass is 548 g/mol. The number of rotatable bonds is 7. The maximum absolute atomic E-state index is 12.8. The molecule has 0 bridgehead atoms. The van der Waals surface area contributed by atoms with E-state index in [0.29, 0.717) is 25.5 Å². The first-order chi connectivity index (χ1) is 13.2. The molecule has 2 N–H and O–H groups in total. The molecule has 0 aliphatic carbocycles. The van der Waals surface area contributed by atoms with Crippen molar-refractivity contribution in [2.45, 2.75) is 32.5 Å². The molecule has 11 heteroatoms. The minimum absolute atomic E-state index is 0. The number of alkyl halides is 3. The fourth-order valence-corrected chi connectivity index (χ4v) is 3.18. The average molecular weight is 549 g/mol. The predicted octanol–water partition coefficient (Wildman–Crippen LogP) is 3.46. The number of guanidine groups is 1. The van der Waals surface area contributed by atoms with Gasteiger partial charge in [-0.1, -0.05) is 18.5 Å². The van der Waals surface area contributed by atoms with E-state index in [4.69, 9.17) is 11.6 Å². The van der Waals surface area contributed by atoms with Crippen LogP contribution in [0.1, 0.15) is 25.8 Å². The van der Waals surface area contributed by atoms with E-state index in [9.17, 15) is 13.2 Å². The van der Waals surface area contributed by atoms with E-state index in [2.05, 4.69) is 32.4 Å². The van der Waals surface area contributed by atoms with E-state index in [1.165, 1.54) is 0 Å². The lowest BCUT2D eigenvalue weighted by atomic mass is 10.2. The lowest BCUT2D eigenvalue weighted by Crippen LogP contribution is -2.45. The fourth-order valence-electron chi connectivity index (χ4n) is 2.89. The van der Waals surface area contributed by atoms with Crippen molar-refractivity contribution >= 4 is 47.4 Å². The molecule has 166 valence electrons. The molecular formula is C18H29ClF3IN6. The molecule has 0 aromatic carbocycles. The van der Waals surface area contributed by atoms with Gasteiger partial charge in [-0.25, -0.2) is 4.98 Å². The van der Waals surface area contributed by atoms with Crippen LogP contribution in [-0.2, 0) is 6.18 Å². The number of likely N-dealkylation sites (N-methyl/N-ethyl adjacent to an activating group) is 1. The van der Waals surface area contributed by atoms with Crippen molar-refractivity contribution in [2.75, 3.05) is 51.2 Å². The van der Waals surface area contributed by atoms with Crippen molar-refractivity contribution in [1.82, 2.24) is 20.5 Å². The molecule has 1 aliphatic rings. The number of aromatic nitrogens is 1. The molecule has 2 rings (SSSR count). The maximum Gasteiger partial charge on any atom is 0.417 e. The molecule has 1 aromatic rings. The van der Waals surface area contributed by atoms with Crippen LogP contribution in [0.3, 0.4) is 0 Å². The molecule has 0 radical (unpaired) electrons. The summed E-state index contributed by atoms with van der Waals surface area (Å²) in [7, 11) is 2.05. The zero-order valence-electron chi connectivity index (χ0n) is 16.9. The van der Waals surface area contributed by atoms with E-state index >= 15 is 0 Å². The third-order valence-electron chi connectivity index (χ3n) is 4.61. The highest BCUT2D eigenvalue weighted by molar-refractivity contribution is 14.0. The van der Waals surface area contributed by atoms with Crippen LogP contribution in [0.25, 0.3) is 0 Å². The van der Waals surface area contributed by atoms with E-state index in [1.54, 1.807) is 0 Å². The van der Waals surface area contributed by atoms with Crippen molar-refractivity contribution in [3.8, 4) is 0 Å². The topological polar surface area (TPSA) is 55.8 Å². The Morgan fingerprint density at radius 3 is 2.72 bits per heavy atom. The predicted molar refractivity (Wildman–Crippen MR) is 123 cm³/mol. The van der Waals surface area contributed by atoms with E-state index in [1.807, 2.05) is 18.9 Å². The summed E-state index contributed by atoms with van der Waals surface area (Å²) in [4.78, 5) is 12.6. The molecule has 6 nitrogen and oxygen atoms in total. The molecule has 0 saturated carbocycles. The van der Waals surface area contributed by atoms with Crippen LogP contribution < -0.4 is 15.5 Å². The number of halogens is 5. The van der Waals surface area contributed by atoms with Gasteiger partial charge in [0.05, 0.1) is 17.1 Å². The summed E-state index contributed by atoms with van der Waals surface area (Å²) >= 11 is 6.07. The summed E-state index contributed by atoms with van der Waals surface area (Å²) in [6.07, 6.45) is -2.80. The quantitative estimate of drug-likeness (QED) is 0.311. The first-order valence-electron chi connectivity index (χ1n) is 9.45. The number of hydrogen-bond acceptors (Lipinski definition) is 4. The third-order valence-corrected chi connectivity index (χ3v) is 4.89. The summed E-state index contributed by atoms with van der Waals surface area (Å²) in [6.45, 7) is 8.63. The lowest BCUT2D eigenvalue weighted by molar-refractivity contribution is -0.137. The van der Waals surface area contributed by atoms with Gasteiger partial charge in [-0.05, 0) is 33.0 Å². The molecule has 1 atom stereocenters. The van der Waals surface area contributed by atoms with Gasteiger partial charge in [0.25, 0.3) is 0 Å². The Bertz CT molecular complexity index is 673. The van der Waals surface area contributed by atoms with Crippen molar-refractivity contribution in [3.05, 3.63) is 22.8 Å². The van der Waals surface area contributed by atoms with Crippen molar-refractivity contribution in [3.63, 3.8) is 0 Å². The third kappa shape index (κ3) is 7.97. The molecular weight excluding hydrogens is 520 g/mol. The smallest absolute Gasteiger partial charge is 0.357 e. The van der Waals surface area contributed by atoms with Crippen LogP contribution >= 0.6 is 35.6 Å². The largest absolute Gasteiger partial charge is 0.417 e. The first-order valence-corrected chi connectivity index (χ1v) is 9.83. The molecule has 29 heavy (non-hydrogen) atoms. The summed E-state index contributed by atoms with van der Waals surface area (Å²) < 4.78 is 38.4. The van der Waals surface area contributed by atoms with Gasteiger partial charge in [-0.3, -0.25) is 4.99 Å². The zero-order valence-corrected chi connectivity index (χ0v) is 20.0. The summed E-state index contributed by atoms with van der Waals surface area (Å²) in [5.74, 6) is 1.12. The zero-order chi connectivity index (χ0) is 20.7. The minimum Gasteiger partial charge on any atom is -0.357 e. The first kappa shape index (κ1) is 26.0. The molecule has 1 aliphatic heterocycles. The Balaban J connectivity index is 0.00000420. The molecule has 1 fully saturated rings. The van der Waals surface area contributed by atoms with Crippen LogP contribution in [0, 0.1) is 0 Å². The number of anilines is 1. The van der Waals surface area contributed by atoms with Crippen LogP contribution in [0.15, 0.2) is 17.3 Å². The Hall–Kier alpha value is -1.01. The SMILES string of the molecule is CCNC(=NCCN(C)CC)NC1CCN(c2ncc(C(F)(F)F)cc2Cl)C1.I. The summed E-state index contributed by atoms with van der Waals surface area (Å²) in [5.41, 5.74) is -0.839. The van der Waals surface area contributed by atoms with Crippen LogP contribution in [0.4, 0.5) is 19.0 Å². The highest BCUT2D eigenvalue weighted by atomic mass is 127. The number of pyridine rings is 1. The normalized spacial score (nSPS) is 17.4. The van der Waals surface area contributed by atoms with Gasteiger partial charge in [0.1, 0.15) is 5.82 Å². The van der Waals surface area contributed by atoms with Gasteiger partial charge in [0.2, 0.25) is 0 Å². The van der Waals surface area contributed by atoms with Crippen LogP contribution in [0.2, 0.25) is 5.02 Å². The van der Waals surface area contributed by atoms with Gasteiger partial charge in [0.15, 0.2) is 5.96 Å². The molecule has 0 amide bonds. The number of hydrogen-bond donors (Lipinski definition) is 2. The van der Waals surface area contributed by atoms with E-state index in [0.717, 1.165) is 44.3 Å². The summed E-state index contributed by atoms with van der Waals surface area (Å²) in [5, 5.41) is 6.63. The van der Waals surface area contributed by atoms with Crippen molar-refractivity contribution < 1.29 is 13.2 Å². The number of nitrogens with zero attached hydrogens (tertiary/aromatic N) is 4. The Kier molecular flexibility index (Phi) is 10.8. The minimum atomic E-state index is -4.45. The molecule has 1 unspecified atom stereocenters. The van der Waals surface area contributed by atoms with Crippen molar-refractivity contribution in [1.29, 1.82) is 0 Å². The van der Waals surface area contributed by atoms with Gasteiger partial charge in [-0.15, -0.1) is 24.0 Å². The lowest BCUT2D eigenvalue weighted by Gasteiger charge is -2.21. The standard InChI is InChI=1S/C18H28ClF3N6.HI/c1-4-23-17(24-7-9-27(3)5-2)26-14-6-8-28(12-14)16-15(19)10-13(11-25-16)18(20,21)22;/h10-11,14H,4-9,12H2,1-3H3,(H2,23,24,26);1H. The van der Waals surface area contributed by atoms with Crippen molar-refractivity contribution in [2.24, 2.45) is 4.99 Å². The van der Waals surface area contributed by atoms with Gasteiger partial charge < -0.3 is 20.4 Å². The average Bonchev–Trinajstić information content (AvgIpc) is 3.09. The fraction of sp³-hybridized carbons (Fsp3) is 0.667. The Morgan fingerprint density at radius 1 is 1.41 bits per heavy atom. The van der Waals surface area contributed by atoms with E-state index < -0.39 is 11.7 Å². The molecule has 1 aromatic heterocycles. The molecule has 1 saturated heterocycles. The van der Waals surface area contributed by atoms with E-state index in [-0.39, 0.29) is 35.0 Å². The van der Waals surface area contributed by atoms with Gasteiger partial charge in [0, 0.05) is 38.4 Å². The van der Waals surface area contributed by atoms with Crippen LogP contribution in [0.5, 0.6) is 0 Å². The second-order valence-electron chi connectivity index (χ2n) is 6.76. The maximum atomic E-state index is 12.8. The molecule has 0 spiro atoms. The molecule has 2 heterocycles. The van der Waals surface area contributed by atoms with Crippen LogP contribution in [-0.4, -0.2) is 68.2 Å². The Morgan fingerprint density at radius 2 is 2.14 bits per heavy atom. The van der Waals surface area contributed by atoms with Gasteiger partial charge in [-0.2, -0.15) is 13.2 Å².